The van der Waals surface area contributed by atoms with Crippen molar-refractivity contribution in [1.82, 2.24) is 19.6 Å². The zero-order valence-corrected chi connectivity index (χ0v) is 13.4. The first-order chi connectivity index (χ1) is 11.1. The zero-order valence-electron chi connectivity index (χ0n) is 13.4. The first-order valence-corrected chi connectivity index (χ1v) is 7.54. The van der Waals surface area contributed by atoms with Crippen LogP contribution in [0.2, 0.25) is 0 Å². The maximum Gasteiger partial charge on any atom is 0.259 e. The number of rotatable bonds is 5. The van der Waals surface area contributed by atoms with E-state index in [0.29, 0.717) is 31.1 Å². The lowest BCUT2D eigenvalue weighted by Crippen LogP contribution is -2.43. The first kappa shape index (κ1) is 15.5. The molecule has 2 aromatic heterocycles. The van der Waals surface area contributed by atoms with E-state index in [9.17, 15) is 4.79 Å². The van der Waals surface area contributed by atoms with Gasteiger partial charge in [0.2, 0.25) is 0 Å². The van der Waals surface area contributed by atoms with E-state index in [4.69, 9.17) is 9.26 Å². The quantitative estimate of drug-likeness (QED) is 0.619. The Labute approximate surface area is 134 Å². The van der Waals surface area contributed by atoms with E-state index in [1.807, 2.05) is 16.5 Å². The van der Waals surface area contributed by atoms with Gasteiger partial charge in [-0.1, -0.05) is 11.2 Å². The van der Waals surface area contributed by atoms with Crippen molar-refractivity contribution in [2.24, 2.45) is 7.05 Å². The molecule has 3 rings (SSSR count). The molecule has 23 heavy (non-hydrogen) atoms. The summed E-state index contributed by atoms with van der Waals surface area (Å²) < 4.78 is 12.6. The van der Waals surface area contributed by atoms with E-state index in [-0.39, 0.29) is 11.9 Å². The van der Waals surface area contributed by atoms with E-state index < -0.39 is 0 Å². The number of amides is 1. The Kier molecular flexibility index (Phi) is 4.29. The molecule has 1 atom stereocenters. The van der Waals surface area contributed by atoms with Gasteiger partial charge in [0, 0.05) is 20.0 Å². The van der Waals surface area contributed by atoms with Gasteiger partial charge in [-0.05, 0) is 6.92 Å². The number of imidazole rings is 1. The lowest BCUT2D eigenvalue weighted by atomic mass is 10.0. The summed E-state index contributed by atoms with van der Waals surface area (Å²) in [6.45, 7) is 6.83. The second kappa shape index (κ2) is 6.37. The van der Waals surface area contributed by atoms with Crippen molar-refractivity contribution >= 4 is 5.91 Å². The molecule has 122 valence electrons. The summed E-state index contributed by atoms with van der Waals surface area (Å²) in [5.41, 5.74) is 2.53. The Morgan fingerprint density at radius 1 is 1.61 bits per heavy atom. The van der Waals surface area contributed by atoms with Gasteiger partial charge in [0.05, 0.1) is 43.2 Å². The largest absolute Gasteiger partial charge is 0.375 e. The molecule has 1 unspecified atom stereocenters. The van der Waals surface area contributed by atoms with Gasteiger partial charge in [-0.25, -0.2) is 4.98 Å². The van der Waals surface area contributed by atoms with Crippen LogP contribution in [0.4, 0.5) is 0 Å². The molecule has 0 spiro atoms. The number of carbonyl (C=O) groups is 1. The molecule has 0 N–H and O–H groups in total. The number of nitrogens with zero attached hydrogens (tertiary/aromatic N) is 4. The van der Waals surface area contributed by atoms with E-state index in [1.165, 1.54) is 6.20 Å². The van der Waals surface area contributed by atoms with E-state index in [0.717, 1.165) is 17.8 Å². The van der Waals surface area contributed by atoms with Gasteiger partial charge in [0.15, 0.2) is 0 Å². The fourth-order valence-corrected chi connectivity index (χ4v) is 2.97. The minimum atomic E-state index is -0.187. The minimum absolute atomic E-state index is 0.0946. The average molecular weight is 316 g/mol. The van der Waals surface area contributed by atoms with Crippen LogP contribution in [0, 0.1) is 6.92 Å². The predicted molar refractivity (Wildman–Crippen MR) is 82.9 cm³/mol. The van der Waals surface area contributed by atoms with Crippen LogP contribution in [0.3, 0.4) is 0 Å². The second-order valence-corrected chi connectivity index (χ2v) is 5.57. The zero-order chi connectivity index (χ0) is 16.4. The van der Waals surface area contributed by atoms with Gasteiger partial charge in [0.1, 0.15) is 11.3 Å². The number of ether oxygens (including phenoxy) is 1. The van der Waals surface area contributed by atoms with Crippen LogP contribution in [0.1, 0.15) is 33.5 Å². The predicted octanol–water partition coefficient (Wildman–Crippen LogP) is 1.66. The highest BCUT2D eigenvalue weighted by Crippen LogP contribution is 2.30. The molecule has 0 fully saturated rings. The summed E-state index contributed by atoms with van der Waals surface area (Å²) in [5.74, 6) is 0.430. The Morgan fingerprint density at radius 2 is 2.43 bits per heavy atom. The van der Waals surface area contributed by atoms with Gasteiger partial charge in [-0.15, -0.1) is 6.58 Å². The van der Waals surface area contributed by atoms with Crippen LogP contribution in [0.25, 0.3) is 0 Å². The van der Waals surface area contributed by atoms with Crippen LogP contribution < -0.4 is 0 Å². The molecule has 0 saturated heterocycles. The molecule has 1 aliphatic rings. The highest BCUT2D eigenvalue weighted by Gasteiger charge is 2.35. The third kappa shape index (κ3) is 2.79. The highest BCUT2D eigenvalue weighted by atomic mass is 16.5. The molecule has 0 aliphatic carbocycles. The van der Waals surface area contributed by atoms with Crippen molar-refractivity contribution in [3.05, 3.63) is 47.9 Å². The number of carbonyl (C=O) groups excluding carboxylic acids is 1. The minimum Gasteiger partial charge on any atom is -0.375 e. The molecule has 0 bridgehead atoms. The topological polar surface area (TPSA) is 73.4 Å². The molecular formula is C16H20N4O3. The van der Waals surface area contributed by atoms with Crippen molar-refractivity contribution in [2.45, 2.75) is 19.4 Å². The van der Waals surface area contributed by atoms with Crippen molar-refractivity contribution in [1.29, 1.82) is 0 Å². The fraction of sp³-hybridized carbons (Fsp3) is 0.438. The van der Waals surface area contributed by atoms with Crippen molar-refractivity contribution in [2.75, 3.05) is 19.8 Å². The Morgan fingerprint density at radius 3 is 3.13 bits per heavy atom. The van der Waals surface area contributed by atoms with Crippen LogP contribution in [-0.2, 0) is 18.2 Å². The van der Waals surface area contributed by atoms with Gasteiger partial charge < -0.3 is 18.7 Å². The fourth-order valence-electron chi connectivity index (χ4n) is 2.97. The third-order valence-electron chi connectivity index (χ3n) is 4.10. The Bertz CT molecular complexity index is 719. The number of hydrogen-bond acceptors (Lipinski definition) is 5. The van der Waals surface area contributed by atoms with Crippen LogP contribution in [0.5, 0.6) is 0 Å². The number of aryl methyl sites for hydroxylation is 2. The normalized spacial score (nSPS) is 17.1. The molecular weight excluding hydrogens is 296 g/mol. The van der Waals surface area contributed by atoms with Crippen molar-refractivity contribution < 1.29 is 14.1 Å². The lowest BCUT2D eigenvalue weighted by molar-refractivity contribution is 0.0430. The SMILES string of the molecule is C=CCOCC1c2c(ncn2C)CCN1C(=O)c1cnoc1C. The highest BCUT2D eigenvalue weighted by molar-refractivity contribution is 5.95. The molecule has 0 radical (unpaired) electrons. The Hall–Kier alpha value is -2.41. The van der Waals surface area contributed by atoms with Crippen LogP contribution in [0.15, 0.2) is 29.7 Å². The van der Waals surface area contributed by atoms with Gasteiger partial charge in [0.25, 0.3) is 5.91 Å². The van der Waals surface area contributed by atoms with Crippen LogP contribution >= 0.6 is 0 Å². The molecule has 0 saturated carbocycles. The number of fused-ring (bicyclic) bond motifs is 1. The van der Waals surface area contributed by atoms with Crippen molar-refractivity contribution in [3.8, 4) is 0 Å². The van der Waals surface area contributed by atoms with Crippen LogP contribution in [-0.4, -0.2) is 45.3 Å². The number of aromatic nitrogens is 3. The maximum atomic E-state index is 12.9. The van der Waals surface area contributed by atoms with E-state index in [1.54, 1.807) is 19.3 Å². The summed E-state index contributed by atoms with van der Waals surface area (Å²) in [7, 11) is 1.94. The molecule has 1 amide bonds. The molecule has 0 aromatic carbocycles. The summed E-state index contributed by atoms with van der Waals surface area (Å²) in [5, 5.41) is 3.71. The second-order valence-electron chi connectivity index (χ2n) is 5.57. The average Bonchev–Trinajstić information content (AvgIpc) is 3.13. The smallest absolute Gasteiger partial charge is 0.259 e. The van der Waals surface area contributed by atoms with Gasteiger partial charge in [-0.2, -0.15) is 0 Å². The van der Waals surface area contributed by atoms with Gasteiger partial charge in [-0.3, -0.25) is 4.79 Å². The van der Waals surface area contributed by atoms with Crippen molar-refractivity contribution in [3.63, 3.8) is 0 Å². The van der Waals surface area contributed by atoms with E-state index >= 15 is 0 Å². The molecule has 7 heteroatoms. The monoisotopic (exact) mass is 316 g/mol. The summed E-state index contributed by atoms with van der Waals surface area (Å²) in [4.78, 5) is 19.1. The third-order valence-corrected chi connectivity index (χ3v) is 4.10. The molecule has 3 heterocycles. The maximum absolute atomic E-state index is 12.9. The summed E-state index contributed by atoms with van der Waals surface area (Å²) in [6, 6.07) is -0.187. The summed E-state index contributed by atoms with van der Waals surface area (Å²) in [6.07, 6.45) is 5.68. The molecule has 7 nitrogen and oxygen atoms in total. The first-order valence-electron chi connectivity index (χ1n) is 7.54. The summed E-state index contributed by atoms with van der Waals surface area (Å²) >= 11 is 0. The standard InChI is InChI=1S/C16H20N4O3/c1-4-7-22-9-14-15-13(17-10-19(15)3)5-6-20(14)16(21)12-8-18-23-11(12)2/h4,8,10,14H,1,5-7,9H2,2-3H3. The van der Waals surface area contributed by atoms with Gasteiger partial charge >= 0.3 is 0 Å². The Balaban J connectivity index is 1.92. The molecule has 1 aliphatic heterocycles. The molecule has 2 aromatic rings. The van der Waals surface area contributed by atoms with E-state index in [2.05, 4.69) is 16.7 Å². The number of hydrogen-bond donors (Lipinski definition) is 0. The lowest BCUT2D eigenvalue weighted by Gasteiger charge is -2.35.